The Balaban J connectivity index is 0.00000306. The standard InChI is InChI=1S/C26H44N6.HI/c1-27-26(29-24-13-16-32(22-24)25-11-5-6-12-25)28-14-7-8-15-30-17-19-31(20-18-30)21-23-9-3-2-4-10-23;/h2-4,9-10,24-25H,5-8,11-22H2,1H3,(H2,27,28,29);1H. The van der Waals surface area contributed by atoms with Gasteiger partial charge in [-0.15, -0.1) is 24.0 Å². The van der Waals surface area contributed by atoms with Crippen LogP contribution in [0.15, 0.2) is 35.3 Å². The first-order valence-corrected chi connectivity index (χ1v) is 13.0. The zero-order valence-corrected chi connectivity index (χ0v) is 22.9. The highest BCUT2D eigenvalue weighted by Gasteiger charge is 2.30. The minimum Gasteiger partial charge on any atom is -0.356 e. The number of aliphatic imine (C=N–C) groups is 1. The van der Waals surface area contributed by atoms with Gasteiger partial charge in [0.05, 0.1) is 0 Å². The van der Waals surface area contributed by atoms with Crippen LogP contribution in [0, 0.1) is 0 Å². The normalized spacial score (nSPS) is 23.5. The largest absolute Gasteiger partial charge is 0.356 e. The number of unbranched alkanes of at least 4 members (excludes halogenated alkanes) is 1. The summed E-state index contributed by atoms with van der Waals surface area (Å²) in [6.07, 6.45) is 9.35. The number of nitrogens with one attached hydrogen (secondary N) is 2. The molecule has 0 spiro atoms. The van der Waals surface area contributed by atoms with Crippen molar-refractivity contribution in [2.24, 2.45) is 4.99 Å². The van der Waals surface area contributed by atoms with E-state index in [1.807, 2.05) is 7.05 Å². The molecule has 186 valence electrons. The van der Waals surface area contributed by atoms with Gasteiger partial charge in [-0.3, -0.25) is 14.8 Å². The fraction of sp³-hybridized carbons (Fsp3) is 0.731. The van der Waals surface area contributed by atoms with E-state index in [4.69, 9.17) is 0 Å². The van der Waals surface area contributed by atoms with Crippen molar-refractivity contribution in [2.45, 2.75) is 63.6 Å². The van der Waals surface area contributed by atoms with Crippen molar-refractivity contribution in [3.63, 3.8) is 0 Å². The van der Waals surface area contributed by atoms with Crippen molar-refractivity contribution in [1.29, 1.82) is 0 Å². The Labute approximate surface area is 218 Å². The van der Waals surface area contributed by atoms with Gasteiger partial charge in [-0.05, 0) is 44.2 Å². The van der Waals surface area contributed by atoms with Crippen LogP contribution in [0.1, 0.15) is 50.5 Å². The molecule has 1 aromatic carbocycles. The maximum Gasteiger partial charge on any atom is 0.191 e. The van der Waals surface area contributed by atoms with Gasteiger partial charge < -0.3 is 15.5 Å². The van der Waals surface area contributed by atoms with Gasteiger partial charge in [0, 0.05) is 71.5 Å². The Hall–Kier alpha value is -0.900. The van der Waals surface area contributed by atoms with E-state index in [9.17, 15) is 0 Å². The summed E-state index contributed by atoms with van der Waals surface area (Å²) in [5.74, 6) is 0.984. The van der Waals surface area contributed by atoms with Crippen molar-refractivity contribution >= 4 is 29.9 Å². The summed E-state index contributed by atoms with van der Waals surface area (Å²) in [6.45, 7) is 10.5. The monoisotopic (exact) mass is 568 g/mol. The molecule has 1 aliphatic carbocycles. The van der Waals surface area contributed by atoms with Crippen molar-refractivity contribution in [3.05, 3.63) is 35.9 Å². The molecule has 0 radical (unpaired) electrons. The van der Waals surface area contributed by atoms with Gasteiger partial charge in [-0.1, -0.05) is 43.2 Å². The molecule has 0 bridgehead atoms. The zero-order chi connectivity index (χ0) is 22.0. The van der Waals surface area contributed by atoms with Crippen molar-refractivity contribution in [3.8, 4) is 0 Å². The lowest BCUT2D eigenvalue weighted by Crippen LogP contribution is -2.46. The predicted octanol–water partition coefficient (Wildman–Crippen LogP) is 3.38. The highest BCUT2D eigenvalue weighted by atomic mass is 127. The lowest BCUT2D eigenvalue weighted by molar-refractivity contribution is 0.126. The van der Waals surface area contributed by atoms with Gasteiger partial charge in [0.2, 0.25) is 0 Å². The number of hydrogen-bond donors (Lipinski definition) is 2. The fourth-order valence-electron chi connectivity index (χ4n) is 5.57. The number of benzene rings is 1. The summed E-state index contributed by atoms with van der Waals surface area (Å²) in [6, 6.07) is 12.2. The van der Waals surface area contributed by atoms with E-state index in [-0.39, 0.29) is 24.0 Å². The molecule has 2 saturated heterocycles. The van der Waals surface area contributed by atoms with Crippen LogP contribution in [0.2, 0.25) is 0 Å². The van der Waals surface area contributed by atoms with Crippen LogP contribution in [-0.2, 0) is 6.54 Å². The molecular weight excluding hydrogens is 523 g/mol. The first-order valence-electron chi connectivity index (χ1n) is 13.0. The van der Waals surface area contributed by atoms with E-state index in [0.717, 1.165) is 25.1 Å². The summed E-state index contributed by atoms with van der Waals surface area (Å²) in [5, 5.41) is 7.21. The van der Waals surface area contributed by atoms with Gasteiger partial charge in [-0.2, -0.15) is 0 Å². The molecule has 0 aromatic heterocycles. The summed E-state index contributed by atoms with van der Waals surface area (Å²) in [5.41, 5.74) is 1.43. The quantitative estimate of drug-likeness (QED) is 0.207. The van der Waals surface area contributed by atoms with Crippen LogP contribution < -0.4 is 10.6 Å². The predicted molar refractivity (Wildman–Crippen MR) is 150 cm³/mol. The minimum absolute atomic E-state index is 0. The van der Waals surface area contributed by atoms with Crippen LogP contribution in [0.25, 0.3) is 0 Å². The van der Waals surface area contributed by atoms with Gasteiger partial charge in [0.25, 0.3) is 0 Å². The summed E-state index contributed by atoms with van der Waals surface area (Å²) >= 11 is 0. The molecule has 1 unspecified atom stereocenters. The van der Waals surface area contributed by atoms with Crippen molar-refractivity contribution in [2.75, 3.05) is 59.4 Å². The maximum absolute atomic E-state index is 4.46. The molecule has 4 rings (SSSR count). The van der Waals surface area contributed by atoms with Gasteiger partial charge in [-0.25, -0.2) is 0 Å². The molecule has 33 heavy (non-hydrogen) atoms. The second kappa shape index (κ2) is 14.5. The molecule has 2 aliphatic heterocycles. The summed E-state index contributed by atoms with van der Waals surface area (Å²) in [7, 11) is 1.90. The summed E-state index contributed by atoms with van der Waals surface area (Å²) in [4.78, 5) is 12.4. The third-order valence-electron chi connectivity index (χ3n) is 7.53. The lowest BCUT2D eigenvalue weighted by Gasteiger charge is -2.34. The van der Waals surface area contributed by atoms with E-state index in [2.05, 4.69) is 60.7 Å². The second-order valence-electron chi connectivity index (χ2n) is 9.87. The molecule has 3 fully saturated rings. The van der Waals surface area contributed by atoms with Gasteiger partial charge >= 0.3 is 0 Å². The first kappa shape index (κ1) is 26.7. The molecule has 1 atom stereocenters. The summed E-state index contributed by atoms with van der Waals surface area (Å²) < 4.78 is 0. The second-order valence-corrected chi connectivity index (χ2v) is 9.87. The molecule has 1 saturated carbocycles. The van der Waals surface area contributed by atoms with E-state index in [1.165, 1.54) is 96.3 Å². The molecular formula is C26H45IN6. The van der Waals surface area contributed by atoms with Crippen LogP contribution in [0.4, 0.5) is 0 Å². The van der Waals surface area contributed by atoms with Gasteiger partial charge in [0.1, 0.15) is 0 Å². The molecule has 2 N–H and O–H groups in total. The van der Waals surface area contributed by atoms with Crippen molar-refractivity contribution in [1.82, 2.24) is 25.3 Å². The number of halogens is 1. The van der Waals surface area contributed by atoms with E-state index in [1.54, 1.807) is 0 Å². The number of likely N-dealkylation sites (tertiary alicyclic amines) is 1. The van der Waals surface area contributed by atoms with E-state index in [0.29, 0.717) is 6.04 Å². The molecule has 2 heterocycles. The highest BCUT2D eigenvalue weighted by Crippen LogP contribution is 2.26. The molecule has 0 amide bonds. The van der Waals surface area contributed by atoms with Crippen LogP contribution in [0.3, 0.4) is 0 Å². The SMILES string of the molecule is CN=C(NCCCCN1CCN(Cc2ccccc2)CC1)NC1CCN(C2CCCC2)C1.I. The maximum atomic E-state index is 4.46. The molecule has 1 aromatic rings. The topological polar surface area (TPSA) is 46.1 Å². The number of guanidine groups is 1. The smallest absolute Gasteiger partial charge is 0.191 e. The third-order valence-corrected chi connectivity index (χ3v) is 7.53. The van der Waals surface area contributed by atoms with Crippen molar-refractivity contribution < 1.29 is 0 Å². The number of piperazine rings is 1. The van der Waals surface area contributed by atoms with Gasteiger partial charge in [0.15, 0.2) is 5.96 Å². The average Bonchev–Trinajstić information content (AvgIpc) is 3.52. The zero-order valence-electron chi connectivity index (χ0n) is 20.6. The first-order chi connectivity index (χ1) is 15.8. The van der Waals surface area contributed by atoms with E-state index < -0.39 is 0 Å². The average molecular weight is 569 g/mol. The molecule has 7 heteroatoms. The Morgan fingerprint density at radius 3 is 2.39 bits per heavy atom. The van der Waals surface area contributed by atoms with Crippen LogP contribution in [0.5, 0.6) is 0 Å². The molecule has 3 aliphatic rings. The Bertz CT molecular complexity index is 685. The lowest BCUT2D eigenvalue weighted by atomic mass is 10.2. The van der Waals surface area contributed by atoms with E-state index >= 15 is 0 Å². The molecule has 6 nitrogen and oxygen atoms in total. The number of nitrogens with zero attached hydrogens (tertiary/aromatic N) is 4. The Morgan fingerprint density at radius 2 is 1.67 bits per heavy atom. The highest BCUT2D eigenvalue weighted by molar-refractivity contribution is 14.0. The third kappa shape index (κ3) is 8.67. The number of hydrogen-bond acceptors (Lipinski definition) is 4. The number of rotatable bonds is 9. The minimum atomic E-state index is 0. The Morgan fingerprint density at radius 1 is 0.939 bits per heavy atom. The van der Waals surface area contributed by atoms with Crippen LogP contribution in [-0.4, -0.2) is 92.1 Å². The Kier molecular flexibility index (Phi) is 11.7. The van der Waals surface area contributed by atoms with Crippen LogP contribution >= 0.6 is 24.0 Å². The fourth-order valence-corrected chi connectivity index (χ4v) is 5.57.